The SMILES string of the molecule is O=C(NCC1(c2ccccc2)CCCC1)[C@H]1CC12CCN(C(=O)c1cnc3ccccn3c1=O)CC2. The summed E-state index contributed by atoms with van der Waals surface area (Å²) in [6.45, 7) is 1.83. The minimum absolute atomic E-state index is 0.00682. The van der Waals surface area contributed by atoms with Gasteiger partial charge in [-0.2, -0.15) is 0 Å². The van der Waals surface area contributed by atoms with Gasteiger partial charge in [-0.1, -0.05) is 49.2 Å². The fraction of sp³-hybridized carbons (Fsp3) is 0.448. The van der Waals surface area contributed by atoms with E-state index in [1.165, 1.54) is 29.0 Å². The van der Waals surface area contributed by atoms with Crippen molar-refractivity contribution in [3.05, 3.63) is 82.4 Å². The van der Waals surface area contributed by atoms with Gasteiger partial charge in [0.15, 0.2) is 0 Å². The topological polar surface area (TPSA) is 83.8 Å². The van der Waals surface area contributed by atoms with Crippen molar-refractivity contribution in [2.45, 2.75) is 50.4 Å². The third-order valence-corrected chi connectivity index (χ3v) is 8.94. The van der Waals surface area contributed by atoms with Gasteiger partial charge < -0.3 is 10.2 Å². The smallest absolute Gasteiger partial charge is 0.270 e. The fourth-order valence-electron chi connectivity index (χ4n) is 6.56. The predicted molar refractivity (Wildman–Crippen MR) is 137 cm³/mol. The summed E-state index contributed by atoms with van der Waals surface area (Å²) >= 11 is 0. The lowest BCUT2D eigenvalue weighted by molar-refractivity contribution is -0.123. The van der Waals surface area contributed by atoms with E-state index in [0.717, 1.165) is 32.1 Å². The normalized spacial score (nSPS) is 22.0. The van der Waals surface area contributed by atoms with Crippen LogP contribution in [0, 0.1) is 11.3 Å². The number of benzene rings is 1. The average Bonchev–Trinajstić information content (AvgIpc) is 3.39. The zero-order valence-corrected chi connectivity index (χ0v) is 20.5. The number of hydrogen-bond donors (Lipinski definition) is 1. The molecule has 3 fully saturated rings. The molecule has 2 aliphatic carbocycles. The quantitative estimate of drug-likeness (QED) is 0.600. The van der Waals surface area contributed by atoms with E-state index < -0.39 is 0 Å². The highest BCUT2D eigenvalue weighted by Crippen LogP contribution is 2.59. The van der Waals surface area contributed by atoms with Gasteiger partial charge in [0, 0.05) is 43.4 Å². The van der Waals surface area contributed by atoms with Crippen molar-refractivity contribution < 1.29 is 9.59 Å². The fourth-order valence-corrected chi connectivity index (χ4v) is 6.56. The number of amides is 2. The maximum Gasteiger partial charge on any atom is 0.270 e. The van der Waals surface area contributed by atoms with E-state index in [0.29, 0.717) is 25.3 Å². The van der Waals surface area contributed by atoms with E-state index >= 15 is 0 Å². The Morgan fingerprint density at radius 2 is 1.69 bits per heavy atom. The van der Waals surface area contributed by atoms with Crippen LogP contribution in [0.3, 0.4) is 0 Å². The molecule has 1 spiro atoms. The van der Waals surface area contributed by atoms with Crippen LogP contribution in [-0.2, 0) is 10.2 Å². The van der Waals surface area contributed by atoms with E-state index in [1.54, 1.807) is 23.2 Å². The second kappa shape index (κ2) is 8.87. The second-order valence-corrected chi connectivity index (χ2v) is 10.9. The summed E-state index contributed by atoms with van der Waals surface area (Å²) in [4.78, 5) is 45.1. The van der Waals surface area contributed by atoms with E-state index in [2.05, 4.69) is 34.6 Å². The lowest BCUT2D eigenvalue weighted by Gasteiger charge is -2.33. The molecule has 2 aromatic heterocycles. The Morgan fingerprint density at radius 1 is 0.972 bits per heavy atom. The minimum Gasteiger partial charge on any atom is -0.355 e. The Kier molecular flexibility index (Phi) is 5.66. The summed E-state index contributed by atoms with van der Waals surface area (Å²) in [5.41, 5.74) is 1.66. The van der Waals surface area contributed by atoms with Crippen molar-refractivity contribution in [2.75, 3.05) is 19.6 Å². The Labute approximate surface area is 210 Å². The van der Waals surface area contributed by atoms with Crippen LogP contribution in [0.25, 0.3) is 5.65 Å². The Morgan fingerprint density at radius 3 is 2.44 bits per heavy atom. The molecule has 3 aromatic rings. The van der Waals surface area contributed by atoms with E-state index in [-0.39, 0.29) is 39.7 Å². The van der Waals surface area contributed by atoms with Gasteiger partial charge in [0.05, 0.1) is 0 Å². The van der Waals surface area contributed by atoms with Gasteiger partial charge in [-0.25, -0.2) is 4.98 Å². The van der Waals surface area contributed by atoms with Crippen LogP contribution in [0.5, 0.6) is 0 Å². The van der Waals surface area contributed by atoms with Crippen molar-refractivity contribution in [1.29, 1.82) is 0 Å². The lowest BCUT2D eigenvalue weighted by Crippen LogP contribution is -2.43. The van der Waals surface area contributed by atoms with Crippen LogP contribution in [0.2, 0.25) is 0 Å². The van der Waals surface area contributed by atoms with E-state index in [4.69, 9.17) is 0 Å². The molecule has 7 heteroatoms. The number of pyridine rings is 1. The first kappa shape index (κ1) is 23.0. The third kappa shape index (κ3) is 3.91. The van der Waals surface area contributed by atoms with Crippen LogP contribution in [-0.4, -0.2) is 45.7 Å². The van der Waals surface area contributed by atoms with Crippen LogP contribution in [0.4, 0.5) is 0 Å². The molecule has 2 amide bonds. The van der Waals surface area contributed by atoms with Gasteiger partial charge in [0.25, 0.3) is 11.5 Å². The Balaban J connectivity index is 1.07. The van der Waals surface area contributed by atoms with Gasteiger partial charge in [0.2, 0.25) is 5.91 Å². The standard InChI is InChI=1S/C29H32N4O3/c34-25(31-20-29(11-5-6-12-29)21-8-2-1-3-9-21)23-18-28(23)13-16-32(17-14-28)26(35)22-19-30-24-10-4-7-15-33(24)27(22)36/h1-4,7-10,15,19,23H,5-6,11-14,16-18,20H2,(H,31,34)/t23-/m1/s1. The molecule has 1 atom stereocenters. The number of nitrogens with one attached hydrogen (secondary N) is 1. The molecule has 3 heterocycles. The van der Waals surface area contributed by atoms with Crippen molar-refractivity contribution in [1.82, 2.24) is 19.6 Å². The molecule has 186 valence electrons. The van der Waals surface area contributed by atoms with Gasteiger partial charge in [-0.15, -0.1) is 0 Å². The lowest BCUT2D eigenvalue weighted by atomic mass is 9.78. The zero-order valence-electron chi connectivity index (χ0n) is 20.5. The number of carbonyl (C=O) groups excluding carboxylic acids is 2. The van der Waals surface area contributed by atoms with E-state index in [1.807, 2.05) is 12.1 Å². The highest BCUT2D eigenvalue weighted by atomic mass is 16.2. The van der Waals surface area contributed by atoms with Crippen molar-refractivity contribution in [3.8, 4) is 0 Å². The summed E-state index contributed by atoms with van der Waals surface area (Å²) in [5.74, 6) is -0.0841. The van der Waals surface area contributed by atoms with Crippen LogP contribution < -0.4 is 10.9 Å². The van der Waals surface area contributed by atoms with Crippen LogP contribution in [0.1, 0.15) is 60.9 Å². The average molecular weight is 485 g/mol. The molecule has 6 rings (SSSR count). The van der Waals surface area contributed by atoms with Crippen LogP contribution in [0.15, 0.2) is 65.7 Å². The number of piperidine rings is 1. The first-order chi connectivity index (χ1) is 17.5. The van der Waals surface area contributed by atoms with Gasteiger partial charge in [-0.05, 0) is 55.2 Å². The largest absolute Gasteiger partial charge is 0.355 e. The molecule has 1 N–H and O–H groups in total. The molecular formula is C29H32N4O3. The first-order valence-electron chi connectivity index (χ1n) is 13.1. The minimum atomic E-state index is -0.339. The Bertz CT molecular complexity index is 1350. The molecule has 7 nitrogen and oxygen atoms in total. The van der Waals surface area contributed by atoms with Gasteiger partial charge >= 0.3 is 0 Å². The van der Waals surface area contributed by atoms with Crippen molar-refractivity contribution in [2.24, 2.45) is 11.3 Å². The van der Waals surface area contributed by atoms with Crippen molar-refractivity contribution >= 4 is 17.5 Å². The van der Waals surface area contributed by atoms with Gasteiger partial charge in [-0.3, -0.25) is 18.8 Å². The summed E-state index contributed by atoms with van der Waals surface area (Å²) < 4.78 is 1.41. The summed E-state index contributed by atoms with van der Waals surface area (Å²) in [6.07, 6.45) is 10.2. The van der Waals surface area contributed by atoms with Crippen LogP contribution >= 0.6 is 0 Å². The predicted octanol–water partition coefficient (Wildman–Crippen LogP) is 3.57. The molecule has 1 saturated heterocycles. The number of carbonyl (C=O) groups is 2. The number of rotatable bonds is 5. The molecule has 2 saturated carbocycles. The Hall–Kier alpha value is -3.48. The maximum absolute atomic E-state index is 13.2. The second-order valence-electron chi connectivity index (χ2n) is 10.9. The molecule has 3 aliphatic rings. The summed E-state index contributed by atoms with van der Waals surface area (Å²) in [5, 5.41) is 3.31. The number of aromatic nitrogens is 2. The summed E-state index contributed by atoms with van der Waals surface area (Å²) in [6, 6.07) is 15.9. The summed E-state index contributed by atoms with van der Waals surface area (Å²) in [7, 11) is 0. The highest BCUT2D eigenvalue weighted by molar-refractivity contribution is 5.94. The number of fused-ring (bicyclic) bond motifs is 1. The number of hydrogen-bond acceptors (Lipinski definition) is 4. The monoisotopic (exact) mass is 484 g/mol. The molecule has 1 aromatic carbocycles. The molecule has 1 aliphatic heterocycles. The first-order valence-corrected chi connectivity index (χ1v) is 13.1. The molecule has 0 unspecified atom stereocenters. The molecule has 0 radical (unpaired) electrons. The molecule has 36 heavy (non-hydrogen) atoms. The van der Waals surface area contributed by atoms with Crippen molar-refractivity contribution in [3.63, 3.8) is 0 Å². The van der Waals surface area contributed by atoms with Gasteiger partial charge in [0.1, 0.15) is 11.2 Å². The maximum atomic E-state index is 13.2. The number of nitrogens with zero attached hydrogens (tertiary/aromatic N) is 3. The zero-order chi connectivity index (χ0) is 24.8. The third-order valence-electron chi connectivity index (χ3n) is 8.94. The number of likely N-dealkylation sites (tertiary alicyclic amines) is 1. The molecule has 0 bridgehead atoms. The molecular weight excluding hydrogens is 452 g/mol. The van der Waals surface area contributed by atoms with E-state index in [9.17, 15) is 14.4 Å². The highest BCUT2D eigenvalue weighted by Gasteiger charge is 2.59.